The van der Waals surface area contributed by atoms with Gasteiger partial charge in [0.2, 0.25) is 5.91 Å². The number of carbonyl (C=O) groups excluding carboxylic acids is 2. The van der Waals surface area contributed by atoms with Gasteiger partial charge < -0.3 is 15.5 Å². The van der Waals surface area contributed by atoms with Crippen LogP contribution in [0, 0.1) is 0 Å². The van der Waals surface area contributed by atoms with E-state index in [1.165, 1.54) is 0 Å². The summed E-state index contributed by atoms with van der Waals surface area (Å²) in [6.07, 6.45) is 0. The van der Waals surface area contributed by atoms with Crippen LogP contribution >= 0.6 is 27.5 Å². The predicted octanol–water partition coefficient (Wildman–Crippen LogP) is 3.29. The lowest BCUT2D eigenvalue weighted by Gasteiger charge is -2.28. The molecule has 0 radical (unpaired) electrons. The minimum Gasteiger partial charge on any atom is -0.360 e. The van der Waals surface area contributed by atoms with Gasteiger partial charge in [-0.3, -0.25) is 9.59 Å². The van der Waals surface area contributed by atoms with Gasteiger partial charge in [-0.2, -0.15) is 0 Å². The Morgan fingerprint density at radius 1 is 1.21 bits per heavy atom. The van der Waals surface area contributed by atoms with Crippen molar-refractivity contribution >= 4 is 50.7 Å². The van der Waals surface area contributed by atoms with Crippen molar-refractivity contribution in [1.82, 2.24) is 5.32 Å². The van der Waals surface area contributed by atoms with Crippen LogP contribution in [0.25, 0.3) is 0 Å². The molecule has 2 amide bonds. The van der Waals surface area contributed by atoms with Gasteiger partial charge in [0, 0.05) is 28.9 Å². The molecule has 0 atom stereocenters. The number of carbonyl (C=O) groups is 2. The number of rotatable bonds is 3. The Hall–Kier alpha value is -2.05. The highest BCUT2D eigenvalue weighted by molar-refractivity contribution is 9.10. The van der Waals surface area contributed by atoms with E-state index in [4.69, 9.17) is 11.6 Å². The van der Waals surface area contributed by atoms with Crippen LogP contribution in [-0.2, 0) is 4.79 Å². The molecule has 0 spiro atoms. The van der Waals surface area contributed by atoms with E-state index >= 15 is 0 Å². The number of nitrogens with one attached hydrogen (secondary N) is 2. The second-order valence-electron chi connectivity index (χ2n) is 5.40. The van der Waals surface area contributed by atoms with Crippen LogP contribution < -0.4 is 15.5 Å². The Kier molecular flexibility index (Phi) is 5.06. The van der Waals surface area contributed by atoms with Crippen molar-refractivity contribution in [3.05, 3.63) is 57.5 Å². The zero-order chi connectivity index (χ0) is 17.1. The Balaban J connectivity index is 1.71. The van der Waals surface area contributed by atoms with Crippen LogP contribution in [0.2, 0.25) is 5.02 Å². The SMILES string of the molecule is O=C1CN(c2ccc(NC(=O)c3cc(Br)ccc3Cl)cc2)CCN1. The molecular weight excluding hydrogens is 394 g/mol. The van der Waals surface area contributed by atoms with E-state index < -0.39 is 0 Å². The molecule has 1 aliphatic rings. The number of piperazine rings is 1. The van der Waals surface area contributed by atoms with Gasteiger partial charge in [0.15, 0.2) is 0 Å². The number of nitrogens with zero attached hydrogens (tertiary/aromatic N) is 1. The zero-order valence-corrected chi connectivity index (χ0v) is 15.0. The van der Waals surface area contributed by atoms with Gasteiger partial charge in [-0.1, -0.05) is 27.5 Å². The summed E-state index contributed by atoms with van der Waals surface area (Å²) in [5, 5.41) is 6.01. The summed E-state index contributed by atoms with van der Waals surface area (Å²) >= 11 is 9.40. The highest BCUT2D eigenvalue weighted by Crippen LogP contribution is 2.23. The van der Waals surface area contributed by atoms with Crippen molar-refractivity contribution in [3.63, 3.8) is 0 Å². The number of hydrogen-bond acceptors (Lipinski definition) is 3. The second kappa shape index (κ2) is 7.23. The summed E-state index contributed by atoms with van der Waals surface area (Å²) in [5.74, 6) is -0.255. The fourth-order valence-electron chi connectivity index (χ4n) is 2.48. The Bertz CT molecular complexity index is 780. The fourth-order valence-corrected chi connectivity index (χ4v) is 3.05. The van der Waals surface area contributed by atoms with Crippen molar-refractivity contribution in [2.24, 2.45) is 0 Å². The number of hydrogen-bond donors (Lipinski definition) is 2. The first kappa shape index (κ1) is 16.8. The summed E-state index contributed by atoms with van der Waals surface area (Å²) in [7, 11) is 0. The molecule has 1 heterocycles. The molecule has 0 saturated carbocycles. The van der Waals surface area contributed by atoms with Gasteiger partial charge in [0.05, 0.1) is 17.1 Å². The molecule has 0 bridgehead atoms. The summed E-state index contributed by atoms with van der Waals surface area (Å²) in [4.78, 5) is 25.8. The van der Waals surface area contributed by atoms with E-state index in [0.717, 1.165) is 16.7 Å². The van der Waals surface area contributed by atoms with Crippen LogP contribution in [0.3, 0.4) is 0 Å². The standard InChI is InChI=1S/C17H15BrClN3O2/c18-11-1-6-15(19)14(9-11)17(24)21-12-2-4-13(5-3-12)22-8-7-20-16(23)10-22/h1-6,9H,7-8,10H2,(H,20,23)(H,21,24). The third kappa shape index (κ3) is 3.88. The predicted molar refractivity (Wildman–Crippen MR) is 98.8 cm³/mol. The van der Waals surface area contributed by atoms with Crippen molar-refractivity contribution in [2.45, 2.75) is 0 Å². The average molecular weight is 409 g/mol. The molecule has 124 valence electrons. The Morgan fingerprint density at radius 2 is 1.96 bits per heavy atom. The lowest BCUT2D eigenvalue weighted by atomic mass is 10.2. The van der Waals surface area contributed by atoms with Gasteiger partial charge in [0.1, 0.15) is 0 Å². The number of amides is 2. The van der Waals surface area contributed by atoms with Gasteiger partial charge in [-0.05, 0) is 42.5 Å². The number of benzene rings is 2. The van der Waals surface area contributed by atoms with E-state index in [9.17, 15) is 9.59 Å². The maximum absolute atomic E-state index is 12.3. The number of halogens is 2. The summed E-state index contributed by atoms with van der Waals surface area (Å²) in [6, 6.07) is 12.5. The minimum atomic E-state index is -0.272. The molecule has 0 aromatic heterocycles. The molecule has 2 aromatic carbocycles. The molecule has 2 aromatic rings. The van der Waals surface area contributed by atoms with Crippen LogP contribution in [0.5, 0.6) is 0 Å². The third-order valence-electron chi connectivity index (χ3n) is 3.70. The molecule has 2 N–H and O–H groups in total. The fraction of sp³-hybridized carbons (Fsp3) is 0.176. The lowest BCUT2D eigenvalue weighted by molar-refractivity contribution is -0.120. The molecule has 24 heavy (non-hydrogen) atoms. The van der Waals surface area contributed by atoms with E-state index in [0.29, 0.717) is 29.4 Å². The van der Waals surface area contributed by atoms with Gasteiger partial charge in [0.25, 0.3) is 5.91 Å². The van der Waals surface area contributed by atoms with Gasteiger partial charge in [-0.25, -0.2) is 0 Å². The topological polar surface area (TPSA) is 61.4 Å². The summed E-state index contributed by atoms with van der Waals surface area (Å²) in [6.45, 7) is 1.75. The quantitative estimate of drug-likeness (QED) is 0.819. The third-order valence-corrected chi connectivity index (χ3v) is 4.52. The van der Waals surface area contributed by atoms with Crippen molar-refractivity contribution in [3.8, 4) is 0 Å². The Labute approximate surface area is 153 Å². The van der Waals surface area contributed by atoms with E-state index in [1.54, 1.807) is 18.2 Å². The van der Waals surface area contributed by atoms with E-state index in [2.05, 4.69) is 26.6 Å². The van der Waals surface area contributed by atoms with E-state index in [-0.39, 0.29) is 11.8 Å². The molecule has 1 fully saturated rings. The van der Waals surface area contributed by atoms with Gasteiger partial charge in [-0.15, -0.1) is 0 Å². The lowest BCUT2D eigenvalue weighted by Crippen LogP contribution is -2.47. The van der Waals surface area contributed by atoms with Crippen molar-refractivity contribution in [2.75, 3.05) is 29.9 Å². The van der Waals surface area contributed by atoms with Crippen molar-refractivity contribution < 1.29 is 9.59 Å². The van der Waals surface area contributed by atoms with Crippen LogP contribution in [0.1, 0.15) is 10.4 Å². The highest BCUT2D eigenvalue weighted by atomic mass is 79.9. The summed E-state index contributed by atoms with van der Waals surface area (Å²) < 4.78 is 0.788. The second-order valence-corrected chi connectivity index (χ2v) is 6.72. The maximum atomic E-state index is 12.3. The minimum absolute atomic E-state index is 0.0166. The molecular formula is C17H15BrClN3O2. The molecule has 7 heteroatoms. The molecule has 1 saturated heterocycles. The first-order valence-electron chi connectivity index (χ1n) is 7.41. The zero-order valence-electron chi connectivity index (χ0n) is 12.7. The summed E-state index contributed by atoms with van der Waals surface area (Å²) in [5.41, 5.74) is 2.02. The normalized spacial score (nSPS) is 14.2. The van der Waals surface area contributed by atoms with Crippen LogP contribution in [0.15, 0.2) is 46.9 Å². The Morgan fingerprint density at radius 3 is 2.67 bits per heavy atom. The largest absolute Gasteiger partial charge is 0.360 e. The van der Waals surface area contributed by atoms with E-state index in [1.807, 2.05) is 29.2 Å². The highest BCUT2D eigenvalue weighted by Gasteiger charge is 2.16. The molecule has 0 unspecified atom stereocenters. The first-order chi connectivity index (χ1) is 11.5. The molecule has 1 aliphatic heterocycles. The van der Waals surface area contributed by atoms with Crippen LogP contribution in [0.4, 0.5) is 11.4 Å². The number of anilines is 2. The maximum Gasteiger partial charge on any atom is 0.257 e. The van der Waals surface area contributed by atoms with Gasteiger partial charge >= 0.3 is 0 Å². The average Bonchev–Trinajstić information content (AvgIpc) is 2.57. The molecule has 3 rings (SSSR count). The monoisotopic (exact) mass is 407 g/mol. The van der Waals surface area contributed by atoms with Crippen LogP contribution in [-0.4, -0.2) is 31.4 Å². The first-order valence-corrected chi connectivity index (χ1v) is 8.58. The molecule has 0 aliphatic carbocycles. The smallest absolute Gasteiger partial charge is 0.257 e. The molecule has 5 nitrogen and oxygen atoms in total. The van der Waals surface area contributed by atoms with Crippen molar-refractivity contribution in [1.29, 1.82) is 0 Å².